The summed E-state index contributed by atoms with van der Waals surface area (Å²) < 4.78 is 1.09. The average molecular weight is 371 g/mol. The number of rotatable bonds is 5. The van der Waals surface area contributed by atoms with E-state index in [9.17, 15) is 0 Å². The molecule has 0 heterocycles. The molecule has 2 aromatic rings. The van der Waals surface area contributed by atoms with E-state index < -0.39 is 0 Å². The van der Waals surface area contributed by atoms with Crippen molar-refractivity contribution in [3.05, 3.63) is 69.2 Å². The Morgan fingerprint density at radius 2 is 1.70 bits per heavy atom. The summed E-state index contributed by atoms with van der Waals surface area (Å²) in [6.07, 6.45) is 0. The van der Waals surface area contributed by atoms with Crippen LogP contribution in [0.5, 0.6) is 0 Å². The van der Waals surface area contributed by atoms with Crippen LogP contribution in [0.4, 0.5) is 0 Å². The third-order valence-electron chi connectivity index (χ3n) is 3.02. The number of hydrogen-bond donors (Lipinski definition) is 1. The van der Waals surface area contributed by atoms with Crippen LogP contribution in [0.25, 0.3) is 0 Å². The van der Waals surface area contributed by atoms with Gasteiger partial charge < -0.3 is 5.73 Å². The zero-order chi connectivity index (χ0) is 14.5. The maximum absolute atomic E-state index is 6.14. The molecule has 0 aliphatic heterocycles. The molecule has 2 unspecified atom stereocenters. The normalized spacial score (nSPS) is 14.0. The first kappa shape index (κ1) is 15.9. The molecule has 0 bridgehead atoms. The van der Waals surface area contributed by atoms with Crippen LogP contribution in [0.15, 0.2) is 53.0 Å². The van der Waals surface area contributed by atoms with E-state index >= 15 is 0 Å². The standard InChI is InChI=1S/C16H17BrClNS/c1-11(19)16(13-4-6-14(17)7-5-13)20-10-12-2-8-15(18)9-3-12/h2-9,11,16H,10,19H2,1H3. The SMILES string of the molecule is CC(N)C(SCc1ccc(Cl)cc1)c1ccc(Br)cc1. The molecule has 0 fully saturated rings. The lowest BCUT2D eigenvalue weighted by molar-refractivity contribution is 0.721. The van der Waals surface area contributed by atoms with E-state index in [1.165, 1.54) is 11.1 Å². The van der Waals surface area contributed by atoms with Crippen molar-refractivity contribution in [3.63, 3.8) is 0 Å². The van der Waals surface area contributed by atoms with Gasteiger partial charge in [-0.3, -0.25) is 0 Å². The van der Waals surface area contributed by atoms with Gasteiger partial charge in [-0.05, 0) is 42.3 Å². The smallest absolute Gasteiger partial charge is 0.0448 e. The minimum atomic E-state index is 0.105. The highest BCUT2D eigenvalue weighted by Crippen LogP contribution is 2.34. The molecule has 1 nitrogen and oxygen atoms in total. The van der Waals surface area contributed by atoms with E-state index in [4.69, 9.17) is 17.3 Å². The van der Waals surface area contributed by atoms with Crippen molar-refractivity contribution < 1.29 is 0 Å². The number of halogens is 2. The van der Waals surface area contributed by atoms with E-state index in [0.717, 1.165) is 15.2 Å². The summed E-state index contributed by atoms with van der Waals surface area (Å²) in [6, 6.07) is 16.5. The summed E-state index contributed by atoms with van der Waals surface area (Å²) in [5.41, 5.74) is 8.67. The van der Waals surface area contributed by atoms with E-state index in [1.54, 1.807) is 0 Å². The lowest BCUT2D eigenvalue weighted by Gasteiger charge is -2.21. The highest BCUT2D eigenvalue weighted by atomic mass is 79.9. The first-order valence-electron chi connectivity index (χ1n) is 6.43. The maximum atomic E-state index is 6.14. The summed E-state index contributed by atoms with van der Waals surface area (Å²) in [7, 11) is 0. The monoisotopic (exact) mass is 369 g/mol. The van der Waals surface area contributed by atoms with Crippen molar-refractivity contribution in [2.24, 2.45) is 5.73 Å². The zero-order valence-corrected chi connectivity index (χ0v) is 14.4. The Bertz CT molecular complexity index is 539. The van der Waals surface area contributed by atoms with Gasteiger partial charge in [0.25, 0.3) is 0 Å². The molecule has 0 spiro atoms. The zero-order valence-electron chi connectivity index (χ0n) is 11.2. The molecular formula is C16H17BrClNS. The molecule has 2 N–H and O–H groups in total. The van der Waals surface area contributed by atoms with Crippen LogP contribution in [-0.4, -0.2) is 6.04 Å². The lowest BCUT2D eigenvalue weighted by Crippen LogP contribution is -2.22. The molecule has 106 valence electrons. The van der Waals surface area contributed by atoms with E-state index in [1.807, 2.05) is 23.9 Å². The van der Waals surface area contributed by atoms with Crippen molar-refractivity contribution >= 4 is 39.3 Å². The van der Waals surface area contributed by atoms with Gasteiger partial charge in [-0.15, -0.1) is 11.8 Å². The van der Waals surface area contributed by atoms with Gasteiger partial charge in [-0.25, -0.2) is 0 Å². The topological polar surface area (TPSA) is 26.0 Å². The van der Waals surface area contributed by atoms with Crippen LogP contribution in [0.1, 0.15) is 23.3 Å². The first-order valence-corrected chi connectivity index (χ1v) is 8.65. The van der Waals surface area contributed by atoms with Crippen molar-refractivity contribution in [2.45, 2.75) is 24.0 Å². The van der Waals surface area contributed by atoms with Gasteiger partial charge in [0.15, 0.2) is 0 Å². The van der Waals surface area contributed by atoms with Crippen LogP contribution in [-0.2, 0) is 5.75 Å². The van der Waals surface area contributed by atoms with E-state index in [2.05, 4.69) is 59.3 Å². The summed E-state index contributed by atoms with van der Waals surface area (Å²) in [6.45, 7) is 2.06. The van der Waals surface area contributed by atoms with Gasteiger partial charge in [0.1, 0.15) is 0 Å². The Balaban J connectivity index is 2.06. The summed E-state index contributed by atoms with van der Waals surface area (Å²) in [4.78, 5) is 0. The van der Waals surface area contributed by atoms with Gasteiger partial charge in [-0.1, -0.05) is 51.8 Å². The minimum Gasteiger partial charge on any atom is -0.327 e. The number of thioether (sulfide) groups is 1. The van der Waals surface area contributed by atoms with Crippen LogP contribution >= 0.6 is 39.3 Å². The second-order valence-corrected chi connectivity index (χ2v) is 7.25. The Kier molecular flexibility index (Phi) is 5.97. The lowest BCUT2D eigenvalue weighted by atomic mass is 10.1. The largest absolute Gasteiger partial charge is 0.327 e. The van der Waals surface area contributed by atoms with Crippen LogP contribution in [0.2, 0.25) is 5.02 Å². The van der Waals surface area contributed by atoms with Gasteiger partial charge in [-0.2, -0.15) is 0 Å². The number of benzene rings is 2. The molecule has 20 heavy (non-hydrogen) atoms. The van der Waals surface area contributed by atoms with Crippen molar-refractivity contribution in [2.75, 3.05) is 0 Å². The first-order chi connectivity index (χ1) is 9.56. The summed E-state index contributed by atoms with van der Waals surface area (Å²) in [5.74, 6) is 0.930. The summed E-state index contributed by atoms with van der Waals surface area (Å²) in [5, 5.41) is 1.06. The predicted octanol–water partition coefficient (Wildman–Crippen LogP) is 5.42. The molecule has 0 aliphatic carbocycles. The molecule has 4 heteroatoms. The Morgan fingerprint density at radius 3 is 2.25 bits per heavy atom. The van der Waals surface area contributed by atoms with E-state index in [0.29, 0.717) is 5.25 Å². The fraction of sp³-hybridized carbons (Fsp3) is 0.250. The molecule has 0 aromatic heterocycles. The quantitative estimate of drug-likeness (QED) is 0.760. The van der Waals surface area contributed by atoms with Crippen LogP contribution in [0, 0.1) is 0 Å². The molecule has 2 rings (SSSR count). The third kappa shape index (κ3) is 4.52. The molecule has 2 atom stereocenters. The molecular weight excluding hydrogens is 354 g/mol. The van der Waals surface area contributed by atoms with Crippen molar-refractivity contribution in [1.82, 2.24) is 0 Å². The fourth-order valence-electron chi connectivity index (χ4n) is 1.97. The molecule has 0 amide bonds. The average Bonchev–Trinajstić information content (AvgIpc) is 2.43. The van der Waals surface area contributed by atoms with Crippen LogP contribution in [0.3, 0.4) is 0 Å². The van der Waals surface area contributed by atoms with Gasteiger partial charge in [0.2, 0.25) is 0 Å². The molecule has 0 radical (unpaired) electrons. The van der Waals surface area contributed by atoms with E-state index in [-0.39, 0.29) is 6.04 Å². The fourth-order valence-corrected chi connectivity index (χ4v) is 3.58. The second kappa shape index (κ2) is 7.51. The Labute approximate surface area is 138 Å². The Morgan fingerprint density at radius 1 is 1.10 bits per heavy atom. The number of hydrogen-bond acceptors (Lipinski definition) is 2. The molecule has 0 aliphatic rings. The number of nitrogens with two attached hydrogens (primary N) is 1. The van der Waals surface area contributed by atoms with Gasteiger partial charge in [0, 0.05) is 26.5 Å². The highest BCUT2D eigenvalue weighted by Gasteiger charge is 2.16. The summed E-state index contributed by atoms with van der Waals surface area (Å²) >= 11 is 11.2. The predicted molar refractivity (Wildman–Crippen MR) is 93.3 cm³/mol. The minimum absolute atomic E-state index is 0.105. The van der Waals surface area contributed by atoms with Crippen molar-refractivity contribution in [1.29, 1.82) is 0 Å². The second-order valence-electron chi connectivity index (χ2n) is 4.77. The third-order valence-corrected chi connectivity index (χ3v) is 5.36. The Hall–Kier alpha value is -0.480. The maximum Gasteiger partial charge on any atom is 0.0448 e. The molecule has 0 saturated heterocycles. The van der Waals surface area contributed by atoms with Gasteiger partial charge >= 0.3 is 0 Å². The van der Waals surface area contributed by atoms with Crippen molar-refractivity contribution in [3.8, 4) is 0 Å². The van der Waals surface area contributed by atoms with Crippen LogP contribution < -0.4 is 5.73 Å². The molecule has 0 saturated carbocycles. The highest BCUT2D eigenvalue weighted by molar-refractivity contribution is 9.10. The van der Waals surface area contributed by atoms with Gasteiger partial charge in [0.05, 0.1) is 0 Å². The molecule has 2 aromatic carbocycles.